The molecule has 3 rings (SSSR count). The van der Waals surface area contributed by atoms with Gasteiger partial charge in [-0.3, -0.25) is 14.9 Å². The summed E-state index contributed by atoms with van der Waals surface area (Å²) in [7, 11) is -2.25. The molecular weight excluding hydrogens is 466 g/mol. The fraction of sp³-hybridized carbons (Fsp3) is 0.278. The normalized spacial score (nSPS) is 15.2. The highest BCUT2D eigenvalue weighted by Crippen LogP contribution is 2.27. The van der Waals surface area contributed by atoms with Crippen LogP contribution in [0.5, 0.6) is 5.75 Å². The van der Waals surface area contributed by atoms with E-state index in [1.54, 1.807) is 23.1 Å². The van der Waals surface area contributed by atoms with Gasteiger partial charge in [0, 0.05) is 43.9 Å². The molecule has 11 heteroatoms. The van der Waals surface area contributed by atoms with Crippen LogP contribution in [-0.4, -0.2) is 61.7 Å². The number of carbonyl (C=O) groups is 1. The van der Waals surface area contributed by atoms with E-state index in [1.165, 1.54) is 23.5 Å². The largest absolute Gasteiger partial charge is 0.496 e. The predicted octanol–water partition coefficient (Wildman–Crippen LogP) is 2.51. The Morgan fingerprint density at radius 2 is 1.72 bits per heavy atom. The van der Waals surface area contributed by atoms with Crippen LogP contribution in [-0.2, 0) is 10.0 Å². The number of nitrogens with zero attached hydrogens (tertiary/aromatic N) is 3. The van der Waals surface area contributed by atoms with Crippen LogP contribution in [0, 0.1) is 10.1 Å². The number of benzene rings is 2. The van der Waals surface area contributed by atoms with Crippen LogP contribution < -0.4 is 4.74 Å². The van der Waals surface area contributed by atoms with Crippen molar-refractivity contribution in [2.45, 2.75) is 4.90 Å². The van der Waals surface area contributed by atoms with Gasteiger partial charge in [0.05, 0.1) is 21.4 Å². The number of nitro benzene ring substituents is 1. The summed E-state index contributed by atoms with van der Waals surface area (Å²) in [4.78, 5) is 24.4. The molecule has 2 aromatic rings. The molecule has 0 saturated carbocycles. The summed E-state index contributed by atoms with van der Waals surface area (Å²) in [5.74, 6) is 0.418. The SMILES string of the molecule is COc1ccc(C(=O)N2CCN(S(=O)(=O)c3ccc([N+](=O)[O-])cc3)CC2)cc1Br. The number of methoxy groups -OCH3 is 1. The summed E-state index contributed by atoms with van der Waals surface area (Å²) in [6.45, 7) is 0.772. The summed E-state index contributed by atoms with van der Waals surface area (Å²) in [6.07, 6.45) is 0. The van der Waals surface area contributed by atoms with Crippen LogP contribution in [0.25, 0.3) is 0 Å². The molecule has 9 nitrogen and oxygen atoms in total. The molecule has 0 aromatic heterocycles. The van der Waals surface area contributed by atoms with Crippen molar-refractivity contribution in [2.75, 3.05) is 33.3 Å². The molecule has 0 atom stereocenters. The number of rotatable bonds is 5. The first kappa shape index (κ1) is 21.2. The Morgan fingerprint density at radius 3 is 2.24 bits per heavy atom. The van der Waals surface area contributed by atoms with Crippen LogP contribution in [0.4, 0.5) is 5.69 Å². The summed E-state index contributed by atoms with van der Waals surface area (Å²) in [5, 5.41) is 10.7. The monoisotopic (exact) mass is 483 g/mol. The molecule has 1 heterocycles. The van der Waals surface area contributed by atoms with Gasteiger partial charge in [0.15, 0.2) is 0 Å². The number of carbonyl (C=O) groups excluding carboxylic acids is 1. The topological polar surface area (TPSA) is 110 Å². The van der Waals surface area contributed by atoms with Crippen LogP contribution in [0.1, 0.15) is 10.4 Å². The van der Waals surface area contributed by atoms with Gasteiger partial charge in [-0.1, -0.05) is 0 Å². The van der Waals surface area contributed by atoms with E-state index in [2.05, 4.69) is 15.9 Å². The van der Waals surface area contributed by atoms with Gasteiger partial charge in [-0.2, -0.15) is 4.31 Å². The van der Waals surface area contributed by atoms with Crippen molar-refractivity contribution < 1.29 is 22.9 Å². The van der Waals surface area contributed by atoms with E-state index in [1.807, 2.05) is 0 Å². The van der Waals surface area contributed by atoms with Gasteiger partial charge in [0.25, 0.3) is 11.6 Å². The van der Waals surface area contributed by atoms with E-state index < -0.39 is 14.9 Å². The minimum Gasteiger partial charge on any atom is -0.496 e. The van der Waals surface area contributed by atoms with E-state index in [-0.39, 0.29) is 42.7 Å². The number of nitro groups is 1. The number of amides is 1. The lowest BCUT2D eigenvalue weighted by molar-refractivity contribution is -0.384. The molecule has 1 aliphatic rings. The molecule has 0 spiro atoms. The second-order valence-corrected chi connectivity index (χ2v) is 9.09. The number of non-ortho nitro benzene ring substituents is 1. The summed E-state index contributed by atoms with van der Waals surface area (Å²) < 4.78 is 32.6. The van der Waals surface area contributed by atoms with Crippen molar-refractivity contribution in [1.82, 2.24) is 9.21 Å². The quantitative estimate of drug-likeness (QED) is 0.477. The molecule has 154 valence electrons. The molecule has 0 aliphatic carbocycles. The second kappa shape index (κ2) is 8.47. The Morgan fingerprint density at radius 1 is 1.10 bits per heavy atom. The van der Waals surface area contributed by atoms with Crippen molar-refractivity contribution in [3.8, 4) is 5.75 Å². The minimum atomic E-state index is -3.79. The molecule has 1 saturated heterocycles. The fourth-order valence-corrected chi connectivity index (χ4v) is 4.97. The summed E-state index contributed by atoms with van der Waals surface area (Å²) in [6, 6.07) is 9.78. The summed E-state index contributed by atoms with van der Waals surface area (Å²) in [5.41, 5.74) is 0.300. The lowest BCUT2D eigenvalue weighted by Crippen LogP contribution is -2.50. The minimum absolute atomic E-state index is 0.0121. The van der Waals surface area contributed by atoms with Crippen LogP contribution in [0.3, 0.4) is 0 Å². The number of halogens is 1. The second-order valence-electron chi connectivity index (χ2n) is 6.30. The highest BCUT2D eigenvalue weighted by molar-refractivity contribution is 9.10. The number of piperazine rings is 1. The van der Waals surface area contributed by atoms with Crippen LogP contribution in [0.2, 0.25) is 0 Å². The molecule has 1 aliphatic heterocycles. The van der Waals surface area contributed by atoms with Gasteiger partial charge in [-0.05, 0) is 46.3 Å². The van der Waals surface area contributed by atoms with Crippen molar-refractivity contribution in [3.63, 3.8) is 0 Å². The van der Waals surface area contributed by atoms with E-state index in [0.29, 0.717) is 15.8 Å². The molecule has 29 heavy (non-hydrogen) atoms. The summed E-state index contributed by atoms with van der Waals surface area (Å²) >= 11 is 3.35. The van der Waals surface area contributed by atoms with E-state index in [9.17, 15) is 23.3 Å². The third kappa shape index (κ3) is 4.41. The van der Waals surface area contributed by atoms with E-state index in [4.69, 9.17) is 4.74 Å². The Balaban J connectivity index is 1.68. The molecule has 0 radical (unpaired) electrons. The van der Waals surface area contributed by atoms with Gasteiger partial charge >= 0.3 is 0 Å². The Kier molecular flexibility index (Phi) is 6.20. The third-order valence-electron chi connectivity index (χ3n) is 4.61. The molecule has 2 aromatic carbocycles. The lowest BCUT2D eigenvalue weighted by Gasteiger charge is -2.34. The highest BCUT2D eigenvalue weighted by Gasteiger charge is 2.30. The Hall–Kier alpha value is -2.50. The average molecular weight is 484 g/mol. The van der Waals surface area contributed by atoms with Crippen LogP contribution in [0.15, 0.2) is 51.8 Å². The number of hydrogen-bond donors (Lipinski definition) is 0. The van der Waals surface area contributed by atoms with Crippen molar-refractivity contribution >= 4 is 37.5 Å². The van der Waals surface area contributed by atoms with Crippen molar-refractivity contribution in [3.05, 3.63) is 62.6 Å². The fourth-order valence-electron chi connectivity index (χ4n) is 3.00. The van der Waals surface area contributed by atoms with E-state index >= 15 is 0 Å². The number of hydrogen-bond acceptors (Lipinski definition) is 6. The first-order chi connectivity index (χ1) is 13.7. The average Bonchev–Trinajstić information content (AvgIpc) is 2.73. The number of sulfonamides is 1. The van der Waals surface area contributed by atoms with Crippen LogP contribution >= 0.6 is 15.9 Å². The van der Waals surface area contributed by atoms with Crippen molar-refractivity contribution in [2.24, 2.45) is 0 Å². The zero-order valence-electron chi connectivity index (χ0n) is 15.4. The Labute approximate surface area is 176 Å². The smallest absolute Gasteiger partial charge is 0.269 e. The zero-order chi connectivity index (χ0) is 21.2. The molecule has 0 unspecified atom stereocenters. The standard InChI is InChI=1S/C18H18BrN3O6S/c1-28-17-7-2-13(12-16(17)19)18(23)20-8-10-21(11-9-20)29(26,27)15-5-3-14(4-6-15)22(24)25/h2-7,12H,8-11H2,1H3. The van der Waals surface area contributed by atoms with Gasteiger partial charge in [-0.15, -0.1) is 0 Å². The zero-order valence-corrected chi connectivity index (χ0v) is 17.8. The third-order valence-corrected chi connectivity index (χ3v) is 7.14. The lowest BCUT2D eigenvalue weighted by atomic mass is 10.2. The molecular formula is C18H18BrN3O6S. The Bertz CT molecular complexity index is 1030. The first-order valence-corrected chi connectivity index (χ1v) is 10.8. The van der Waals surface area contributed by atoms with Gasteiger partial charge in [-0.25, -0.2) is 8.42 Å². The molecule has 1 amide bonds. The van der Waals surface area contributed by atoms with Crippen molar-refractivity contribution in [1.29, 1.82) is 0 Å². The van der Waals surface area contributed by atoms with Gasteiger partial charge in [0.2, 0.25) is 10.0 Å². The molecule has 0 bridgehead atoms. The maximum atomic E-state index is 12.8. The predicted molar refractivity (Wildman–Crippen MR) is 108 cm³/mol. The van der Waals surface area contributed by atoms with E-state index in [0.717, 1.165) is 12.1 Å². The first-order valence-electron chi connectivity index (χ1n) is 8.61. The number of ether oxygens (including phenoxy) is 1. The van der Waals surface area contributed by atoms with Gasteiger partial charge in [0.1, 0.15) is 5.75 Å². The maximum absolute atomic E-state index is 12.8. The molecule has 1 fully saturated rings. The highest BCUT2D eigenvalue weighted by atomic mass is 79.9. The van der Waals surface area contributed by atoms with Gasteiger partial charge < -0.3 is 9.64 Å². The molecule has 0 N–H and O–H groups in total. The maximum Gasteiger partial charge on any atom is 0.269 e.